The Morgan fingerprint density at radius 2 is 1.42 bits per heavy atom. The summed E-state index contributed by atoms with van der Waals surface area (Å²) in [4.78, 5) is 24.2. The molecule has 6 heteroatoms. The van der Waals surface area contributed by atoms with Crippen LogP contribution in [0.15, 0.2) is 60.7 Å². The molecule has 0 saturated carbocycles. The van der Waals surface area contributed by atoms with E-state index < -0.39 is 12.1 Å². The molecule has 0 radical (unpaired) electrons. The van der Waals surface area contributed by atoms with E-state index in [0.717, 1.165) is 24.0 Å². The van der Waals surface area contributed by atoms with Gasteiger partial charge in [-0.1, -0.05) is 67.1 Å². The van der Waals surface area contributed by atoms with Gasteiger partial charge in [0.2, 0.25) is 5.91 Å². The van der Waals surface area contributed by atoms with Crippen molar-refractivity contribution in [2.24, 2.45) is 11.5 Å². The number of aliphatic hydroxyl groups excluding tert-OH is 1. The predicted octanol–water partition coefficient (Wildman–Crippen LogP) is 2.12. The molecule has 2 aromatic rings. The number of rotatable bonds is 14. The quantitative estimate of drug-likeness (QED) is 0.346. The molecule has 6 N–H and O–H groups in total. The number of carbonyl (C=O) groups is 2. The lowest BCUT2D eigenvalue weighted by molar-refractivity contribution is -0.128. The third-order valence-electron chi connectivity index (χ3n) is 5.26. The summed E-state index contributed by atoms with van der Waals surface area (Å²) in [5.41, 5.74) is 14.2. The summed E-state index contributed by atoms with van der Waals surface area (Å²) in [7, 11) is 0. The van der Waals surface area contributed by atoms with Crippen LogP contribution < -0.4 is 16.8 Å². The van der Waals surface area contributed by atoms with Gasteiger partial charge in [-0.05, 0) is 36.8 Å². The van der Waals surface area contributed by atoms with E-state index in [2.05, 4.69) is 5.32 Å². The van der Waals surface area contributed by atoms with E-state index in [1.165, 1.54) is 0 Å². The average Bonchev–Trinajstić information content (AvgIpc) is 2.76. The molecule has 0 aliphatic heterocycles. The summed E-state index contributed by atoms with van der Waals surface area (Å²) < 4.78 is 0. The Balaban J connectivity index is 1.53. The third kappa shape index (κ3) is 9.87. The van der Waals surface area contributed by atoms with Gasteiger partial charge in [0.1, 0.15) is 6.10 Å². The van der Waals surface area contributed by atoms with Crippen LogP contribution in [0.5, 0.6) is 0 Å². The molecular formula is C25H35N3O3. The second-order valence-corrected chi connectivity index (χ2v) is 8.08. The SMILES string of the molecule is NC(CC(=O)NCCCCCC(=O)C(O)C(N)Cc1ccccc1)Cc1ccccc1. The molecule has 1 amide bonds. The number of amides is 1. The highest BCUT2D eigenvalue weighted by Gasteiger charge is 2.22. The van der Waals surface area contributed by atoms with Gasteiger partial charge in [-0.15, -0.1) is 0 Å². The summed E-state index contributed by atoms with van der Waals surface area (Å²) in [5.74, 6) is -0.277. The molecule has 2 aromatic carbocycles. The fourth-order valence-electron chi connectivity index (χ4n) is 3.51. The van der Waals surface area contributed by atoms with Crippen LogP contribution in [0.3, 0.4) is 0 Å². The second kappa shape index (κ2) is 13.7. The Hall–Kier alpha value is -2.54. The zero-order chi connectivity index (χ0) is 22.5. The van der Waals surface area contributed by atoms with Crippen LogP contribution in [0.25, 0.3) is 0 Å². The maximum absolute atomic E-state index is 12.2. The van der Waals surface area contributed by atoms with Crippen molar-refractivity contribution in [1.29, 1.82) is 0 Å². The van der Waals surface area contributed by atoms with E-state index in [1.807, 2.05) is 60.7 Å². The van der Waals surface area contributed by atoms with Crippen LogP contribution in [0.2, 0.25) is 0 Å². The standard InChI is InChI=1S/C25H35N3O3/c26-21(16-19-10-4-1-5-11-19)18-24(30)28-15-9-3-8-14-23(29)25(31)22(27)17-20-12-6-2-7-13-20/h1-2,4-7,10-13,21-22,25,31H,3,8-9,14-18,26-27H2,(H,28,30). The number of benzene rings is 2. The van der Waals surface area contributed by atoms with E-state index in [-0.39, 0.29) is 17.7 Å². The van der Waals surface area contributed by atoms with Crippen molar-refractivity contribution in [3.63, 3.8) is 0 Å². The smallest absolute Gasteiger partial charge is 0.221 e. The predicted molar refractivity (Wildman–Crippen MR) is 123 cm³/mol. The Labute approximate surface area is 185 Å². The van der Waals surface area contributed by atoms with Crippen LogP contribution in [-0.4, -0.2) is 41.5 Å². The lowest BCUT2D eigenvalue weighted by atomic mass is 9.97. The molecule has 0 heterocycles. The van der Waals surface area contributed by atoms with Crippen LogP contribution in [0.4, 0.5) is 0 Å². The Morgan fingerprint density at radius 3 is 2.03 bits per heavy atom. The number of carbonyl (C=O) groups excluding carboxylic acids is 2. The highest BCUT2D eigenvalue weighted by molar-refractivity contribution is 5.83. The minimum absolute atomic E-state index is 0.0539. The molecular weight excluding hydrogens is 390 g/mol. The zero-order valence-electron chi connectivity index (χ0n) is 18.1. The maximum Gasteiger partial charge on any atom is 0.221 e. The Morgan fingerprint density at radius 1 is 0.839 bits per heavy atom. The summed E-state index contributed by atoms with van der Waals surface area (Å²) in [5, 5.41) is 13.1. The van der Waals surface area contributed by atoms with Crippen molar-refractivity contribution in [3.05, 3.63) is 71.8 Å². The van der Waals surface area contributed by atoms with E-state index in [4.69, 9.17) is 11.5 Å². The lowest BCUT2D eigenvalue weighted by Crippen LogP contribution is -2.42. The second-order valence-electron chi connectivity index (χ2n) is 8.08. The summed E-state index contributed by atoms with van der Waals surface area (Å²) in [6.45, 7) is 0.557. The number of aliphatic hydroxyl groups is 1. The minimum Gasteiger partial charge on any atom is -0.384 e. The first-order valence-electron chi connectivity index (χ1n) is 11.0. The molecule has 2 rings (SSSR count). The molecule has 3 unspecified atom stereocenters. The van der Waals surface area contributed by atoms with Gasteiger partial charge in [0, 0.05) is 31.5 Å². The summed E-state index contributed by atoms with van der Waals surface area (Å²) >= 11 is 0. The zero-order valence-corrected chi connectivity index (χ0v) is 18.1. The first kappa shape index (κ1) is 24.7. The minimum atomic E-state index is -1.15. The monoisotopic (exact) mass is 425 g/mol. The van der Waals surface area contributed by atoms with E-state index in [0.29, 0.717) is 38.6 Å². The molecule has 0 aromatic heterocycles. The Kier molecular flexibility index (Phi) is 10.9. The molecule has 0 bridgehead atoms. The normalized spacial score (nSPS) is 13.9. The van der Waals surface area contributed by atoms with Crippen molar-refractivity contribution >= 4 is 11.7 Å². The number of nitrogens with one attached hydrogen (secondary N) is 1. The van der Waals surface area contributed by atoms with Crippen LogP contribution in [0.1, 0.15) is 43.2 Å². The van der Waals surface area contributed by atoms with Gasteiger partial charge < -0.3 is 21.9 Å². The van der Waals surface area contributed by atoms with Gasteiger partial charge in [0.05, 0.1) is 0 Å². The van der Waals surface area contributed by atoms with Crippen LogP contribution in [0, 0.1) is 0 Å². The highest BCUT2D eigenvalue weighted by Crippen LogP contribution is 2.09. The third-order valence-corrected chi connectivity index (χ3v) is 5.26. The number of hydrogen-bond donors (Lipinski definition) is 4. The number of hydrogen-bond acceptors (Lipinski definition) is 5. The molecule has 168 valence electrons. The van der Waals surface area contributed by atoms with Crippen LogP contribution in [-0.2, 0) is 22.4 Å². The highest BCUT2D eigenvalue weighted by atomic mass is 16.3. The number of nitrogens with two attached hydrogens (primary N) is 2. The van der Waals surface area contributed by atoms with Gasteiger partial charge >= 0.3 is 0 Å². The van der Waals surface area contributed by atoms with E-state index >= 15 is 0 Å². The molecule has 31 heavy (non-hydrogen) atoms. The van der Waals surface area contributed by atoms with Gasteiger partial charge in [-0.2, -0.15) is 0 Å². The molecule has 0 fully saturated rings. The molecule has 6 nitrogen and oxygen atoms in total. The molecule has 0 aliphatic carbocycles. The summed E-state index contributed by atoms with van der Waals surface area (Å²) in [6.07, 6.45) is 2.81. The Bertz CT molecular complexity index is 783. The van der Waals surface area contributed by atoms with Crippen molar-refractivity contribution in [1.82, 2.24) is 5.32 Å². The van der Waals surface area contributed by atoms with Crippen molar-refractivity contribution in [2.75, 3.05) is 6.54 Å². The molecule has 0 spiro atoms. The fourth-order valence-corrected chi connectivity index (χ4v) is 3.51. The van der Waals surface area contributed by atoms with Gasteiger partial charge in [0.25, 0.3) is 0 Å². The van der Waals surface area contributed by atoms with E-state index in [9.17, 15) is 14.7 Å². The van der Waals surface area contributed by atoms with Crippen LogP contribution >= 0.6 is 0 Å². The first-order chi connectivity index (χ1) is 15.0. The maximum atomic E-state index is 12.2. The van der Waals surface area contributed by atoms with Crippen molar-refractivity contribution < 1.29 is 14.7 Å². The lowest BCUT2D eigenvalue weighted by Gasteiger charge is -2.18. The van der Waals surface area contributed by atoms with Crippen molar-refractivity contribution in [3.8, 4) is 0 Å². The number of unbranched alkanes of at least 4 members (excludes halogenated alkanes) is 2. The fraction of sp³-hybridized carbons (Fsp3) is 0.440. The molecule has 0 saturated heterocycles. The van der Waals surface area contributed by atoms with Crippen molar-refractivity contribution in [2.45, 2.75) is 63.1 Å². The largest absolute Gasteiger partial charge is 0.384 e. The van der Waals surface area contributed by atoms with Gasteiger partial charge in [-0.3, -0.25) is 9.59 Å². The average molecular weight is 426 g/mol. The topological polar surface area (TPSA) is 118 Å². The summed E-state index contributed by atoms with van der Waals surface area (Å²) in [6, 6.07) is 18.7. The first-order valence-corrected chi connectivity index (χ1v) is 11.0. The number of Topliss-reactive ketones (excluding diaryl/α,β-unsaturated/α-hetero) is 1. The van der Waals surface area contributed by atoms with Gasteiger partial charge in [0.15, 0.2) is 5.78 Å². The number of ketones is 1. The molecule has 3 atom stereocenters. The molecule has 0 aliphatic rings. The van der Waals surface area contributed by atoms with Gasteiger partial charge in [-0.25, -0.2) is 0 Å². The van der Waals surface area contributed by atoms with E-state index in [1.54, 1.807) is 0 Å².